The Kier molecular flexibility index (Phi) is 4.76. The summed E-state index contributed by atoms with van der Waals surface area (Å²) in [5, 5.41) is 10.3. The second-order valence-electron chi connectivity index (χ2n) is 5.24. The maximum atomic E-state index is 12.4. The molecule has 0 atom stereocenters. The lowest BCUT2D eigenvalue weighted by Gasteiger charge is -2.24. The van der Waals surface area contributed by atoms with E-state index in [2.05, 4.69) is 19.6 Å². The van der Waals surface area contributed by atoms with Crippen LogP contribution in [0, 0.1) is 0 Å². The third kappa shape index (κ3) is 3.36. The molecule has 19 heavy (non-hydrogen) atoms. The van der Waals surface area contributed by atoms with Gasteiger partial charge in [0.2, 0.25) is 0 Å². The number of halogens is 1. The molecular weight excluding hydrogens is 282 g/mol. The third-order valence-corrected chi connectivity index (χ3v) is 5.18. The number of hydrogen-bond acceptors (Lipinski definition) is 2. The highest BCUT2D eigenvalue weighted by atomic mass is 35.5. The van der Waals surface area contributed by atoms with Crippen molar-refractivity contribution in [1.82, 2.24) is 4.90 Å². The standard InChI is InChI=1S/C13H18ClNO3Si/c1-5-15(13(17)18)12(16)11-9(14)7-6-8-10(11)19(2,3)4/h6-8H,5H2,1-4H3,(H,17,18). The molecule has 0 aliphatic heterocycles. The molecule has 1 aromatic carbocycles. The molecule has 0 radical (unpaired) electrons. The van der Waals surface area contributed by atoms with Gasteiger partial charge in [0.1, 0.15) is 0 Å². The van der Waals surface area contributed by atoms with Crippen molar-refractivity contribution in [2.45, 2.75) is 26.6 Å². The molecule has 0 aliphatic rings. The zero-order valence-corrected chi connectivity index (χ0v) is 13.3. The summed E-state index contributed by atoms with van der Waals surface area (Å²) in [4.78, 5) is 24.3. The molecule has 6 heteroatoms. The number of carbonyl (C=O) groups is 2. The van der Waals surface area contributed by atoms with Crippen molar-refractivity contribution in [2.75, 3.05) is 6.54 Å². The van der Waals surface area contributed by atoms with Gasteiger partial charge in [0, 0.05) is 6.54 Å². The number of carboxylic acid groups (broad SMARTS) is 1. The topological polar surface area (TPSA) is 57.6 Å². The zero-order valence-electron chi connectivity index (χ0n) is 11.5. The molecule has 0 heterocycles. The van der Waals surface area contributed by atoms with Gasteiger partial charge >= 0.3 is 6.09 Å². The predicted octanol–water partition coefficient (Wildman–Crippen LogP) is 3.03. The largest absolute Gasteiger partial charge is 0.465 e. The number of hydrogen-bond donors (Lipinski definition) is 1. The summed E-state index contributed by atoms with van der Waals surface area (Å²) in [5.74, 6) is -0.543. The first-order valence-electron chi connectivity index (χ1n) is 6.04. The summed E-state index contributed by atoms with van der Waals surface area (Å²) in [6.45, 7) is 7.99. The van der Waals surface area contributed by atoms with E-state index in [1.54, 1.807) is 19.1 Å². The predicted molar refractivity (Wildman–Crippen MR) is 79.2 cm³/mol. The van der Waals surface area contributed by atoms with Crippen LogP contribution in [0.4, 0.5) is 4.79 Å². The van der Waals surface area contributed by atoms with Crippen molar-refractivity contribution < 1.29 is 14.7 Å². The first-order chi connectivity index (χ1) is 8.70. The lowest BCUT2D eigenvalue weighted by molar-refractivity contribution is 0.0752. The van der Waals surface area contributed by atoms with E-state index < -0.39 is 20.1 Å². The lowest BCUT2D eigenvalue weighted by atomic mass is 10.2. The minimum atomic E-state index is -1.79. The van der Waals surface area contributed by atoms with Crippen molar-refractivity contribution >= 4 is 36.9 Å². The second kappa shape index (κ2) is 5.75. The molecule has 0 fully saturated rings. The summed E-state index contributed by atoms with van der Waals surface area (Å²) in [5.41, 5.74) is 0.326. The number of carbonyl (C=O) groups excluding carboxylic acids is 1. The fourth-order valence-electron chi connectivity index (χ4n) is 1.87. The van der Waals surface area contributed by atoms with E-state index in [1.807, 2.05) is 6.07 Å². The van der Waals surface area contributed by atoms with Gasteiger partial charge in [-0.25, -0.2) is 9.69 Å². The van der Waals surface area contributed by atoms with Crippen LogP contribution in [0.1, 0.15) is 17.3 Å². The van der Waals surface area contributed by atoms with Crippen LogP contribution in [0.5, 0.6) is 0 Å². The molecule has 4 nitrogen and oxygen atoms in total. The average molecular weight is 300 g/mol. The molecule has 0 aromatic heterocycles. The van der Waals surface area contributed by atoms with Crippen molar-refractivity contribution in [2.24, 2.45) is 0 Å². The van der Waals surface area contributed by atoms with Gasteiger partial charge in [0.05, 0.1) is 18.7 Å². The first kappa shape index (κ1) is 15.7. The Labute approximate surface area is 119 Å². The fraction of sp³-hybridized carbons (Fsp3) is 0.385. The van der Waals surface area contributed by atoms with E-state index in [9.17, 15) is 9.59 Å². The Morgan fingerprint density at radius 2 is 1.89 bits per heavy atom. The minimum Gasteiger partial charge on any atom is -0.465 e. The van der Waals surface area contributed by atoms with Gasteiger partial charge in [-0.3, -0.25) is 4.79 Å². The van der Waals surface area contributed by atoms with Crippen LogP contribution < -0.4 is 5.19 Å². The van der Waals surface area contributed by atoms with Crippen LogP contribution in [0.25, 0.3) is 0 Å². The highest BCUT2D eigenvalue weighted by Gasteiger charge is 2.29. The van der Waals surface area contributed by atoms with Gasteiger partial charge < -0.3 is 5.11 Å². The van der Waals surface area contributed by atoms with E-state index in [4.69, 9.17) is 16.7 Å². The molecular formula is C13H18ClNO3Si. The van der Waals surface area contributed by atoms with Crippen LogP contribution in [0.2, 0.25) is 24.7 Å². The smallest absolute Gasteiger partial charge is 0.414 e. The number of imide groups is 1. The molecule has 104 valence electrons. The minimum absolute atomic E-state index is 0.102. The van der Waals surface area contributed by atoms with Crippen molar-refractivity contribution in [3.63, 3.8) is 0 Å². The van der Waals surface area contributed by atoms with Gasteiger partial charge in [-0.1, -0.05) is 43.4 Å². The Hall–Kier alpha value is -1.33. The van der Waals surface area contributed by atoms with Crippen LogP contribution in [-0.4, -0.2) is 36.6 Å². The summed E-state index contributed by atoms with van der Waals surface area (Å²) < 4.78 is 0. The van der Waals surface area contributed by atoms with E-state index in [0.29, 0.717) is 10.6 Å². The number of nitrogens with zero attached hydrogens (tertiary/aromatic N) is 1. The molecule has 1 rings (SSSR count). The molecule has 0 saturated carbocycles. The first-order valence-corrected chi connectivity index (χ1v) is 9.91. The van der Waals surface area contributed by atoms with Gasteiger partial charge in [-0.2, -0.15) is 0 Å². The highest BCUT2D eigenvalue weighted by molar-refractivity contribution is 6.89. The van der Waals surface area contributed by atoms with Gasteiger partial charge in [0.15, 0.2) is 0 Å². The second-order valence-corrected chi connectivity index (χ2v) is 10.7. The summed E-state index contributed by atoms with van der Waals surface area (Å²) in [6, 6.07) is 5.28. The summed E-state index contributed by atoms with van der Waals surface area (Å²) in [7, 11) is -1.79. The number of benzene rings is 1. The fourth-order valence-corrected chi connectivity index (χ4v) is 3.79. The maximum absolute atomic E-state index is 12.4. The van der Waals surface area contributed by atoms with Crippen molar-refractivity contribution in [1.29, 1.82) is 0 Å². The SMILES string of the molecule is CCN(C(=O)O)C(=O)c1c(Cl)cccc1[Si](C)(C)C. The molecule has 2 amide bonds. The average Bonchev–Trinajstić information content (AvgIpc) is 2.27. The third-order valence-electron chi connectivity index (χ3n) is 2.83. The maximum Gasteiger partial charge on any atom is 0.414 e. The molecule has 0 bridgehead atoms. The van der Waals surface area contributed by atoms with E-state index in [-0.39, 0.29) is 6.54 Å². The normalized spacial score (nSPS) is 11.2. The van der Waals surface area contributed by atoms with Crippen LogP contribution in [-0.2, 0) is 0 Å². The summed E-state index contributed by atoms with van der Waals surface area (Å²) in [6.07, 6.45) is -1.26. The van der Waals surface area contributed by atoms with Gasteiger partial charge in [-0.05, 0) is 18.2 Å². The molecule has 0 spiro atoms. The van der Waals surface area contributed by atoms with Crippen LogP contribution >= 0.6 is 11.6 Å². The molecule has 0 saturated heterocycles. The summed E-state index contributed by atoms with van der Waals surface area (Å²) >= 11 is 6.12. The van der Waals surface area contributed by atoms with Crippen molar-refractivity contribution in [3.05, 3.63) is 28.8 Å². The molecule has 1 N–H and O–H groups in total. The zero-order chi connectivity index (χ0) is 14.8. The Morgan fingerprint density at radius 1 is 1.32 bits per heavy atom. The van der Waals surface area contributed by atoms with Crippen LogP contribution in [0.3, 0.4) is 0 Å². The quantitative estimate of drug-likeness (QED) is 0.873. The molecule has 0 aliphatic carbocycles. The van der Waals surface area contributed by atoms with Crippen molar-refractivity contribution in [3.8, 4) is 0 Å². The Balaban J connectivity index is 3.41. The van der Waals surface area contributed by atoms with E-state index >= 15 is 0 Å². The lowest BCUT2D eigenvalue weighted by Crippen LogP contribution is -2.45. The monoisotopic (exact) mass is 299 g/mol. The Bertz CT molecular complexity index is 511. The number of rotatable bonds is 3. The van der Waals surface area contributed by atoms with E-state index in [1.165, 1.54) is 0 Å². The van der Waals surface area contributed by atoms with Crippen LogP contribution in [0.15, 0.2) is 18.2 Å². The van der Waals surface area contributed by atoms with Gasteiger partial charge in [-0.15, -0.1) is 0 Å². The van der Waals surface area contributed by atoms with E-state index in [0.717, 1.165) is 10.1 Å². The molecule has 0 unspecified atom stereocenters. The van der Waals surface area contributed by atoms with Gasteiger partial charge in [0.25, 0.3) is 5.91 Å². The molecule has 1 aromatic rings. The highest BCUT2D eigenvalue weighted by Crippen LogP contribution is 2.19. The Morgan fingerprint density at radius 3 is 2.32 bits per heavy atom. The number of amides is 2.